The van der Waals surface area contributed by atoms with Crippen molar-refractivity contribution in [3.05, 3.63) is 52.0 Å². The molecule has 0 unspecified atom stereocenters. The van der Waals surface area contributed by atoms with E-state index in [1.807, 2.05) is 19.1 Å². The number of benzene rings is 2. The van der Waals surface area contributed by atoms with Crippen molar-refractivity contribution in [3.8, 4) is 5.75 Å². The maximum atomic E-state index is 12.0. The summed E-state index contributed by atoms with van der Waals surface area (Å²) in [7, 11) is 0. The third-order valence-electron chi connectivity index (χ3n) is 3.49. The monoisotopic (exact) mass is 394 g/mol. The minimum atomic E-state index is -0.0819. The Hall–Kier alpha value is -1.82. The summed E-state index contributed by atoms with van der Waals surface area (Å²) in [6.45, 7) is 2.43. The smallest absolute Gasteiger partial charge is 0.226 e. The van der Waals surface area contributed by atoms with Crippen molar-refractivity contribution in [2.24, 2.45) is 0 Å². The molecule has 0 radical (unpaired) electrons. The normalized spacial score (nSPS) is 10.8. The summed E-state index contributed by atoms with van der Waals surface area (Å²) in [4.78, 5) is 16.5. The zero-order valence-electron chi connectivity index (χ0n) is 13.5. The van der Waals surface area contributed by atoms with E-state index in [1.165, 1.54) is 16.9 Å². The van der Waals surface area contributed by atoms with Crippen LogP contribution in [0, 0.1) is 6.92 Å². The number of nitrogens with one attached hydrogen (secondary N) is 1. The summed E-state index contributed by atoms with van der Waals surface area (Å²) in [5.74, 6) is 0.481. The van der Waals surface area contributed by atoms with Gasteiger partial charge in [-0.15, -0.1) is 0 Å². The molecule has 2 aromatic carbocycles. The van der Waals surface area contributed by atoms with E-state index in [9.17, 15) is 4.79 Å². The number of anilines is 1. The summed E-state index contributed by atoms with van der Waals surface area (Å²) >= 11 is 13.3. The highest BCUT2D eigenvalue weighted by molar-refractivity contribution is 7.22. The largest absolute Gasteiger partial charge is 0.492 e. The lowest BCUT2D eigenvalue weighted by Gasteiger charge is -2.08. The van der Waals surface area contributed by atoms with Crippen LogP contribution in [0.4, 0.5) is 5.13 Å². The van der Waals surface area contributed by atoms with Gasteiger partial charge in [0, 0.05) is 11.4 Å². The minimum absolute atomic E-state index is 0.0819. The van der Waals surface area contributed by atoms with Gasteiger partial charge >= 0.3 is 0 Å². The fourth-order valence-electron chi connectivity index (χ4n) is 2.27. The van der Waals surface area contributed by atoms with Gasteiger partial charge in [0.05, 0.1) is 21.8 Å². The molecule has 0 aliphatic rings. The van der Waals surface area contributed by atoms with Gasteiger partial charge < -0.3 is 10.1 Å². The molecule has 0 saturated carbocycles. The molecule has 130 valence electrons. The van der Waals surface area contributed by atoms with Crippen molar-refractivity contribution in [2.75, 3.05) is 11.9 Å². The van der Waals surface area contributed by atoms with E-state index in [0.29, 0.717) is 40.4 Å². The van der Waals surface area contributed by atoms with Crippen LogP contribution in [0.5, 0.6) is 5.75 Å². The first-order chi connectivity index (χ1) is 12.0. The van der Waals surface area contributed by atoms with Crippen molar-refractivity contribution in [1.29, 1.82) is 0 Å². The third kappa shape index (κ3) is 4.84. The Bertz CT molecular complexity index is 911. The fraction of sp³-hybridized carbons (Fsp3) is 0.222. The Morgan fingerprint density at radius 1 is 1.24 bits per heavy atom. The van der Waals surface area contributed by atoms with Gasteiger partial charge in [0.2, 0.25) is 5.91 Å². The van der Waals surface area contributed by atoms with Crippen molar-refractivity contribution in [2.45, 2.75) is 19.8 Å². The molecular formula is C18H16Cl2N2O2S. The van der Waals surface area contributed by atoms with E-state index >= 15 is 0 Å². The summed E-state index contributed by atoms with van der Waals surface area (Å²) < 4.78 is 6.64. The quantitative estimate of drug-likeness (QED) is 0.544. The highest BCUT2D eigenvalue weighted by Crippen LogP contribution is 2.28. The van der Waals surface area contributed by atoms with Gasteiger partial charge in [-0.2, -0.15) is 0 Å². The molecule has 1 heterocycles. The topological polar surface area (TPSA) is 51.2 Å². The van der Waals surface area contributed by atoms with Gasteiger partial charge in [-0.3, -0.25) is 4.79 Å². The maximum Gasteiger partial charge on any atom is 0.226 e. The van der Waals surface area contributed by atoms with Crippen LogP contribution in [0.1, 0.15) is 18.4 Å². The number of ether oxygens (including phenoxy) is 1. The van der Waals surface area contributed by atoms with Gasteiger partial charge in [0.1, 0.15) is 5.75 Å². The first-order valence-electron chi connectivity index (χ1n) is 7.76. The average molecular weight is 395 g/mol. The Morgan fingerprint density at radius 2 is 2.08 bits per heavy atom. The molecule has 0 bridgehead atoms. The van der Waals surface area contributed by atoms with E-state index in [2.05, 4.69) is 16.4 Å². The second-order valence-electron chi connectivity index (χ2n) is 5.57. The van der Waals surface area contributed by atoms with Gasteiger partial charge in [0.15, 0.2) is 5.13 Å². The molecular weight excluding hydrogens is 379 g/mol. The van der Waals surface area contributed by atoms with Crippen LogP contribution in [-0.4, -0.2) is 17.5 Å². The number of aromatic nitrogens is 1. The second-order valence-corrected chi connectivity index (χ2v) is 7.44. The number of amides is 1. The Balaban J connectivity index is 1.47. The molecule has 3 rings (SSSR count). The number of carbonyl (C=O) groups excluding carboxylic acids is 1. The van der Waals surface area contributed by atoms with Crippen molar-refractivity contribution in [3.63, 3.8) is 0 Å². The number of carbonyl (C=O) groups is 1. The summed E-state index contributed by atoms with van der Waals surface area (Å²) in [6, 6.07) is 11.1. The number of aryl methyl sites for hydroxylation is 1. The standard InChI is InChI=1S/C18H16Cl2N2O2S/c1-11-4-6-14-16(9-11)25-18(21-14)22-17(23)3-2-8-24-15-7-5-12(19)10-13(15)20/h4-7,9-10H,2-3,8H2,1H3,(H,21,22,23). The number of hydrogen-bond acceptors (Lipinski definition) is 4. The zero-order valence-corrected chi connectivity index (χ0v) is 15.8. The van der Waals surface area contributed by atoms with Gasteiger partial charge in [-0.1, -0.05) is 40.6 Å². The molecule has 0 fully saturated rings. The Kier molecular flexibility index (Phi) is 5.78. The third-order valence-corrected chi connectivity index (χ3v) is 4.95. The minimum Gasteiger partial charge on any atom is -0.492 e. The SMILES string of the molecule is Cc1ccc2nc(NC(=O)CCCOc3ccc(Cl)cc3Cl)sc2c1. The first-order valence-corrected chi connectivity index (χ1v) is 9.33. The predicted molar refractivity (Wildman–Crippen MR) is 104 cm³/mol. The van der Waals surface area contributed by atoms with Crippen LogP contribution in [0.15, 0.2) is 36.4 Å². The number of fused-ring (bicyclic) bond motifs is 1. The molecule has 7 heteroatoms. The number of hydrogen-bond donors (Lipinski definition) is 1. The number of thiazole rings is 1. The van der Waals surface area contributed by atoms with E-state index in [0.717, 1.165) is 10.2 Å². The number of nitrogens with zero attached hydrogens (tertiary/aromatic N) is 1. The van der Waals surface area contributed by atoms with Crippen LogP contribution in [0.2, 0.25) is 10.0 Å². The first kappa shape index (κ1) is 18.0. The predicted octanol–water partition coefficient (Wildman–Crippen LogP) is 5.71. The van der Waals surface area contributed by atoms with E-state index < -0.39 is 0 Å². The Labute approximate surface area is 159 Å². The lowest BCUT2D eigenvalue weighted by molar-refractivity contribution is -0.116. The molecule has 0 aliphatic heterocycles. The molecule has 1 amide bonds. The molecule has 3 aromatic rings. The molecule has 25 heavy (non-hydrogen) atoms. The second kappa shape index (κ2) is 8.04. The van der Waals surface area contributed by atoms with Crippen molar-refractivity contribution < 1.29 is 9.53 Å². The number of halogens is 2. The van der Waals surface area contributed by atoms with Gasteiger partial charge in [-0.25, -0.2) is 4.98 Å². The van der Waals surface area contributed by atoms with Crippen molar-refractivity contribution >= 4 is 55.8 Å². The average Bonchev–Trinajstić information content (AvgIpc) is 2.94. The van der Waals surface area contributed by atoms with Crippen molar-refractivity contribution in [1.82, 2.24) is 4.98 Å². The lowest BCUT2D eigenvalue weighted by atomic mass is 10.2. The van der Waals surface area contributed by atoms with Gasteiger partial charge in [0.25, 0.3) is 0 Å². The van der Waals surface area contributed by atoms with Crippen LogP contribution in [0.3, 0.4) is 0 Å². The molecule has 0 atom stereocenters. The van der Waals surface area contributed by atoms with E-state index in [1.54, 1.807) is 18.2 Å². The molecule has 1 N–H and O–H groups in total. The van der Waals surface area contributed by atoms with Crippen LogP contribution in [0.25, 0.3) is 10.2 Å². The summed E-state index contributed by atoms with van der Waals surface area (Å²) in [6.07, 6.45) is 0.926. The lowest BCUT2D eigenvalue weighted by Crippen LogP contribution is -2.12. The van der Waals surface area contributed by atoms with Crippen LogP contribution < -0.4 is 10.1 Å². The molecule has 0 aliphatic carbocycles. The van der Waals surface area contributed by atoms with Gasteiger partial charge in [-0.05, 0) is 49.2 Å². The summed E-state index contributed by atoms with van der Waals surface area (Å²) in [5.41, 5.74) is 2.07. The zero-order chi connectivity index (χ0) is 17.8. The van der Waals surface area contributed by atoms with Crippen LogP contribution >= 0.6 is 34.5 Å². The Morgan fingerprint density at radius 3 is 2.88 bits per heavy atom. The van der Waals surface area contributed by atoms with E-state index in [-0.39, 0.29) is 5.91 Å². The van der Waals surface area contributed by atoms with E-state index in [4.69, 9.17) is 27.9 Å². The molecule has 0 spiro atoms. The number of rotatable bonds is 6. The van der Waals surface area contributed by atoms with Crippen LogP contribution in [-0.2, 0) is 4.79 Å². The fourth-order valence-corrected chi connectivity index (χ4v) is 3.72. The molecule has 0 saturated heterocycles. The highest BCUT2D eigenvalue weighted by atomic mass is 35.5. The molecule has 4 nitrogen and oxygen atoms in total. The summed E-state index contributed by atoms with van der Waals surface area (Å²) in [5, 5.41) is 4.47. The maximum absolute atomic E-state index is 12.0. The highest BCUT2D eigenvalue weighted by Gasteiger charge is 2.08. The molecule has 1 aromatic heterocycles.